The second-order valence-electron chi connectivity index (χ2n) is 13.5. The molecule has 272 valence electrons. The van der Waals surface area contributed by atoms with Gasteiger partial charge in [0.1, 0.15) is 35.4 Å². The third-order valence-corrected chi connectivity index (χ3v) is 12.8. The maximum Gasteiger partial charge on any atom is 0.333 e. The molecular formula is C38H46N3O8S2+. The molecule has 0 aromatic heterocycles. The van der Waals surface area contributed by atoms with Crippen LogP contribution in [0.4, 0.5) is 5.69 Å². The van der Waals surface area contributed by atoms with Crippen molar-refractivity contribution < 1.29 is 35.3 Å². The second-order valence-corrected chi connectivity index (χ2v) is 16.6. The van der Waals surface area contributed by atoms with Gasteiger partial charge in [-0.2, -0.15) is 8.42 Å². The van der Waals surface area contributed by atoms with E-state index in [0.717, 1.165) is 43.3 Å². The van der Waals surface area contributed by atoms with Gasteiger partial charge in [0.15, 0.2) is 0 Å². The summed E-state index contributed by atoms with van der Waals surface area (Å²) in [6.07, 6.45) is 1.43. The first-order valence-electron chi connectivity index (χ1n) is 17.5. The first-order chi connectivity index (χ1) is 24.2. The zero-order chi connectivity index (χ0) is 36.8. The van der Waals surface area contributed by atoms with Crippen LogP contribution in [0.25, 0.3) is 33.4 Å². The van der Waals surface area contributed by atoms with Crippen LogP contribution in [0, 0.1) is 11.8 Å². The molecule has 2 fully saturated rings. The largest absolute Gasteiger partial charge is 0.459 e. The van der Waals surface area contributed by atoms with Crippen LogP contribution < -0.4 is 19.6 Å². The van der Waals surface area contributed by atoms with E-state index in [-0.39, 0.29) is 28.4 Å². The van der Waals surface area contributed by atoms with Crippen molar-refractivity contribution >= 4 is 42.8 Å². The van der Waals surface area contributed by atoms with Gasteiger partial charge in [0, 0.05) is 64.6 Å². The predicted molar refractivity (Wildman–Crippen MR) is 198 cm³/mol. The summed E-state index contributed by atoms with van der Waals surface area (Å²) < 4.78 is 81.4. The van der Waals surface area contributed by atoms with E-state index in [1.807, 2.05) is 36.4 Å². The Hall–Kier alpha value is -4.04. The molecule has 4 atom stereocenters. The third kappa shape index (κ3) is 7.09. The minimum absolute atomic E-state index is 0.0105. The molecule has 2 bridgehead atoms. The van der Waals surface area contributed by atoms with E-state index in [9.17, 15) is 26.2 Å². The van der Waals surface area contributed by atoms with E-state index in [0.29, 0.717) is 52.7 Å². The van der Waals surface area contributed by atoms with E-state index in [2.05, 4.69) is 48.5 Å². The number of rotatable bonds is 12. The number of nitrogens with zero attached hydrogens (tertiary/aromatic N) is 2. The molecule has 2 N–H and O–H groups in total. The molecule has 0 saturated heterocycles. The number of carbonyl (C=O) groups excluding carboxylic acids is 1. The monoisotopic (exact) mass is 736 g/mol. The number of hydrogen-bond donors (Lipinski definition) is 2. The van der Waals surface area contributed by atoms with E-state index in [1.165, 1.54) is 12.1 Å². The van der Waals surface area contributed by atoms with Crippen LogP contribution in [0.5, 0.6) is 0 Å². The number of sulfonamides is 1. The van der Waals surface area contributed by atoms with Crippen LogP contribution in [0.3, 0.4) is 0 Å². The zero-order valence-electron chi connectivity index (χ0n) is 29.7. The number of anilines is 1. The lowest BCUT2D eigenvalue weighted by Crippen LogP contribution is -2.41. The van der Waals surface area contributed by atoms with E-state index < -0.39 is 37.0 Å². The van der Waals surface area contributed by atoms with Gasteiger partial charge in [-0.15, -0.1) is 0 Å². The molecule has 3 aliphatic carbocycles. The van der Waals surface area contributed by atoms with Crippen LogP contribution in [-0.4, -0.2) is 65.7 Å². The fraction of sp³-hybridized carbons (Fsp3) is 0.421. The smallest absolute Gasteiger partial charge is 0.333 e. The molecule has 51 heavy (non-hydrogen) atoms. The Morgan fingerprint density at radius 1 is 0.941 bits per heavy atom. The highest BCUT2D eigenvalue weighted by Crippen LogP contribution is 2.47. The summed E-state index contributed by atoms with van der Waals surface area (Å²) in [5.41, 5.74) is 3.02. The molecule has 4 unspecified atom stereocenters. The molecule has 6 rings (SSSR count). The average Bonchev–Trinajstić information content (AvgIpc) is 3.67. The number of carbonyl (C=O) groups is 1. The molecule has 0 radical (unpaired) electrons. The summed E-state index contributed by atoms with van der Waals surface area (Å²) in [6, 6.07) is 14.9. The van der Waals surface area contributed by atoms with Crippen LogP contribution in [-0.2, 0) is 29.7 Å². The van der Waals surface area contributed by atoms with Gasteiger partial charge in [-0.1, -0.05) is 12.6 Å². The highest BCUT2D eigenvalue weighted by Gasteiger charge is 2.49. The molecule has 11 nitrogen and oxygen atoms in total. The van der Waals surface area contributed by atoms with E-state index >= 15 is 0 Å². The maximum absolute atomic E-state index is 13.8. The first kappa shape index (κ1) is 36.7. The van der Waals surface area contributed by atoms with Gasteiger partial charge in [-0.3, -0.25) is 4.55 Å². The van der Waals surface area contributed by atoms with Crippen molar-refractivity contribution in [1.29, 1.82) is 0 Å². The van der Waals surface area contributed by atoms with Crippen molar-refractivity contribution in [3.63, 3.8) is 0 Å². The van der Waals surface area contributed by atoms with Gasteiger partial charge in [-0.25, -0.2) is 22.5 Å². The number of fused-ring (bicyclic) bond motifs is 4. The molecule has 2 aromatic carbocycles. The van der Waals surface area contributed by atoms with Crippen molar-refractivity contribution in [2.24, 2.45) is 11.8 Å². The van der Waals surface area contributed by atoms with Crippen molar-refractivity contribution in [3.05, 3.63) is 72.1 Å². The molecule has 4 aliphatic rings. The Labute approximate surface area is 299 Å². The SMILES string of the molecule is C=C(C)C(=O)OC1CC2CC1CC2NS(=O)(=O)c1ccc(-c2c3ccc(=[N+](CC)CC)cc-3oc3cc(N(CC)CC)ccc23)c(S(=O)(=O)O)c1. The predicted octanol–water partition coefficient (Wildman–Crippen LogP) is 5.67. The summed E-state index contributed by atoms with van der Waals surface area (Å²) in [5, 5.41) is 1.54. The van der Waals surface area contributed by atoms with Crippen molar-refractivity contribution in [3.8, 4) is 22.5 Å². The molecule has 0 amide bonds. The Morgan fingerprint density at radius 2 is 1.65 bits per heavy atom. The van der Waals surface area contributed by atoms with Crippen molar-refractivity contribution in [1.82, 2.24) is 9.30 Å². The standard InChI is InChI=1S/C38H45N3O8S2/c1-7-40(8-2)26-11-14-29-34(20-26)48-35-21-27(41(9-3)10-4)12-15-30(35)37(29)31-16-13-28(22-36(31)51(45,46)47)50(43,44)39-32-18-25-17-24(32)19-33(25)49-38(42)23(5)6/h11-16,20-22,24-25,32-33,39H,5,7-10,17-19H2,1-4,6H3/p+1. The van der Waals surface area contributed by atoms with Crippen LogP contribution in [0.15, 0.2) is 81.0 Å². The van der Waals surface area contributed by atoms with E-state index in [4.69, 9.17) is 9.15 Å². The summed E-state index contributed by atoms with van der Waals surface area (Å²) in [5.74, 6) is 0.0307. The second kappa shape index (κ2) is 14.2. The van der Waals surface area contributed by atoms with Crippen molar-refractivity contribution in [2.75, 3.05) is 31.1 Å². The molecule has 1 aliphatic heterocycles. The van der Waals surface area contributed by atoms with Gasteiger partial charge in [0.05, 0.1) is 11.0 Å². The highest BCUT2D eigenvalue weighted by atomic mass is 32.2. The lowest BCUT2D eigenvalue weighted by molar-refractivity contribution is -0.146. The Bertz CT molecular complexity index is 2270. The third-order valence-electron chi connectivity index (χ3n) is 10.5. The summed E-state index contributed by atoms with van der Waals surface area (Å²) >= 11 is 0. The molecule has 13 heteroatoms. The summed E-state index contributed by atoms with van der Waals surface area (Å²) in [7, 11) is -9.12. The minimum Gasteiger partial charge on any atom is -0.459 e. The number of hydrogen-bond acceptors (Lipinski definition) is 8. The van der Waals surface area contributed by atoms with Gasteiger partial charge in [0.2, 0.25) is 15.4 Å². The van der Waals surface area contributed by atoms with Crippen LogP contribution in [0.1, 0.15) is 53.9 Å². The lowest BCUT2D eigenvalue weighted by Gasteiger charge is -2.28. The summed E-state index contributed by atoms with van der Waals surface area (Å²) in [4.78, 5) is 13.4. The Morgan fingerprint density at radius 3 is 2.25 bits per heavy atom. The molecule has 1 heterocycles. The topological polar surface area (TPSA) is 146 Å². The fourth-order valence-electron chi connectivity index (χ4n) is 7.84. The molecule has 0 spiro atoms. The highest BCUT2D eigenvalue weighted by molar-refractivity contribution is 7.89. The van der Waals surface area contributed by atoms with E-state index in [1.54, 1.807) is 6.92 Å². The number of benzene rings is 3. The van der Waals surface area contributed by atoms with Crippen LogP contribution >= 0.6 is 0 Å². The van der Waals surface area contributed by atoms with Gasteiger partial charge >= 0.3 is 5.97 Å². The maximum atomic E-state index is 13.8. The average molecular weight is 737 g/mol. The molecular weight excluding hydrogens is 691 g/mol. The first-order valence-corrected chi connectivity index (χ1v) is 20.5. The Kier molecular flexibility index (Phi) is 10.2. The quantitative estimate of drug-likeness (QED) is 0.0618. The van der Waals surface area contributed by atoms with Crippen molar-refractivity contribution in [2.45, 2.75) is 75.8 Å². The summed E-state index contributed by atoms with van der Waals surface area (Å²) in [6.45, 7) is 16.6. The number of ether oxygens (including phenoxy) is 1. The van der Waals surface area contributed by atoms with Gasteiger partial charge in [-0.05, 0) is 96.0 Å². The van der Waals surface area contributed by atoms with Gasteiger partial charge < -0.3 is 14.1 Å². The fourth-order valence-corrected chi connectivity index (χ4v) is 9.98. The number of nitrogens with one attached hydrogen (secondary N) is 1. The van der Waals surface area contributed by atoms with Gasteiger partial charge in [0.25, 0.3) is 10.1 Å². The molecule has 2 aromatic rings. The minimum atomic E-state index is -4.92. The zero-order valence-corrected chi connectivity index (χ0v) is 31.3. The van der Waals surface area contributed by atoms with Crippen LogP contribution in [0.2, 0.25) is 0 Å². The normalized spacial score (nSPS) is 20.2. The molecule has 2 saturated carbocycles. The Balaban J connectivity index is 1.45. The number of esters is 1. The lowest BCUT2D eigenvalue weighted by atomic mass is 9.93.